The van der Waals surface area contributed by atoms with Crippen molar-refractivity contribution < 1.29 is 24.9 Å². The van der Waals surface area contributed by atoms with Crippen molar-refractivity contribution in [2.24, 2.45) is 0 Å². The van der Waals surface area contributed by atoms with Crippen LogP contribution in [0.1, 0.15) is 166 Å². The summed E-state index contributed by atoms with van der Waals surface area (Å²) in [5, 5.41) is 57.0. The van der Waals surface area contributed by atoms with Crippen LogP contribution in [0.2, 0.25) is 0 Å². The molecule has 0 spiro atoms. The van der Waals surface area contributed by atoms with Gasteiger partial charge in [0.1, 0.15) is 23.3 Å². The maximum absolute atomic E-state index is 12.1. The van der Waals surface area contributed by atoms with Crippen LogP contribution in [0.15, 0.2) is 81.0 Å². The van der Waals surface area contributed by atoms with E-state index in [1.54, 1.807) is 10.6 Å². The van der Waals surface area contributed by atoms with Crippen LogP contribution in [0, 0.1) is 0 Å². The van der Waals surface area contributed by atoms with Crippen molar-refractivity contribution in [2.75, 3.05) is 96.3 Å². The van der Waals surface area contributed by atoms with Crippen LogP contribution in [0.25, 0.3) is 16.9 Å². The number of hydrogen-bond acceptors (Lipinski definition) is 19. The normalized spacial score (nSPS) is 22.6. The molecule has 6 aromatic heterocycles. The van der Waals surface area contributed by atoms with Crippen molar-refractivity contribution in [2.45, 2.75) is 211 Å². The molecule has 94 heavy (non-hydrogen) atoms. The van der Waals surface area contributed by atoms with Gasteiger partial charge in [-0.1, -0.05) is 47.1 Å². The van der Waals surface area contributed by atoms with E-state index in [0.717, 1.165) is 217 Å². The molecule has 11 heterocycles. The molecule has 5 aliphatic heterocycles. The zero-order chi connectivity index (χ0) is 66.1. The van der Waals surface area contributed by atoms with Gasteiger partial charge in [-0.25, -0.2) is 9.97 Å². The number of fused-ring (bicyclic) bond motifs is 3. The van der Waals surface area contributed by atoms with Crippen LogP contribution in [0.3, 0.4) is 0 Å². The SMILES string of the molecule is C=CC(=C)NC1CCCC(Nc2cc(N3CCCC[C@H]3CCO)nc3c(CC)cnn23)C1.C=CC(=O)N1CCCC(Nc2cc(N3CCCC[C@H]3CCO)nc3c(CC)cnn23)C1.C=CC(=O)N1CCCC(Nc2nc(N3CCCC[C@H]3CCO)nc3c(CC)cnn23)C1. The van der Waals surface area contributed by atoms with E-state index < -0.39 is 0 Å². The van der Waals surface area contributed by atoms with Gasteiger partial charge in [-0.05, 0) is 166 Å². The predicted octanol–water partition coefficient (Wildman–Crippen LogP) is 8.68. The van der Waals surface area contributed by atoms with E-state index in [1.165, 1.54) is 37.8 Å². The lowest BCUT2D eigenvalue weighted by molar-refractivity contribution is -0.127. The van der Waals surface area contributed by atoms with Gasteiger partial charge in [0.15, 0.2) is 16.9 Å². The Morgan fingerprint density at radius 2 is 0.936 bits per heavy atom. The molecule has 2 amide bonds. The van der Waals surface area contributed by atoms with Crippen LogP contribution in [0.4, 0.5) is 35.2 Å². The van der Waals surface area contributed by atoms with Gasteiger partial charge in [-0.15, -0.1) is 0 Å². The van der Waals surface area contributed by atoms with E-state index in [4.69, 9.17) is 19.9 Å². The summed E-state index contributed by atoms with van der Waals surface area (Å²) in [6, 6.07) is 6.16. The number of aromatic nitrogens is 10. The molecule has 6 aromatic rings. The van der Waals surface area contributed by atoms with E-state index in [0.29, 0.717) is 49.2 Å². The highest BCUT2D eigenvalue weighted by Gasteiger charge is 2.32. The molecule has 1 aliphatic carbocycles. The zero-order valence-corrected chi connectivity index (χ0v) is 56.2. The molecule has 0 radical (unpaired) electrons. The van der Waals surface area contributed by atoms with E-state index in [-0.39, 0.29) is 49.8 Å². The van der Waals surface area contributed by atoms with E-state index >= 15 is 0 Å². The summed E-state index contributed by atoms with van der Waals surface area (Å²) in [5.74, 6) is 5.16. The van der Waals surface area contributed by atoms with Crippen LogP contribution < -0.4 is 36.0 Å². The lowest BCUT2D eigenvalue weighted by Crippen LogP contribution is -2.45. The molecule has 7 atom stereocenters. The molecule has 0 bridgehead atoms. The molecule has 7 N–H and O–H groups in total. The predicted molar refractivity (Wildman–Crippen MR) is 374 cm³/mol. The number of carbonyl (C=O) groups is 2. The van der Waals surface area contributed by atoms with Crippen molar-refractivity contribution in [3.63, 3.8) is 0 Å². The summed E-state index contributed by atoms with van der Waals surface area (Å²) in [7, 11) is 0. The Hall–Kier alpha value is -7.83. The van der Waals surface area contributed by atoms with Crippen LogP contribution in [-0.2, 0) is 28.9 Å². The van der Waals surface area contributed by atoms with E-state index in [2.05, 4.69) is 110 Å². The molecule has 1 saturated carbocycles. The third kappa shape index (κ3) is 16.6. The average molecular weight is 1290 g/mol. The molecule has 510 valence electrons. The maximum atomic E-state index is 12.1. The lowest BCUT2D eigenvalue weighted by atomic mass is 9.90. The summed E-state index contributed by atoms with van der Waals surface area (Å²) in [6.07, 6.45) is 33.7. The van der Waals surface area contributed by atoms with Crippen molar-refractivity contribution in [3.05, 3.63) is 97.7 Å². The monoisotopic (exact) mass is 1290 g/mol. The minimum absolute atomic E-state index is 0.0143. The fourth-order valence-corrected chi connectivity index (χ4v) is 14.8. The van der Waals surface area contributed by atoms with Gasteiger partial charge in [0.05, 0.1) is 18.6 Å². The van der Waals surface area contributed by atoms with Crippen LogP contribution >= 0.6 is 0 Å². The van der Waals surface area contributed by atoms with E-state index in [9.17, 15) is 24.9 Å². The molecule has 12 rings (SSSR count). The highest BCUT2D eigenvalue weighted by molar-refractivity contribution is 5.87. The number of likely N-dealkylation sites (tertiary alicyclic amines) is 2. The topological polar surface area (TPSA) is 263 Å². The molecule has 6 fully saturated rings. The van der Waals surface area contributed by atoms with Crippen LogP contribution in [-0.4, -0.2) is 194 Å². The Bertz CT molecular complexity index is 3350. The number of piperidine rings is 5. The molecule has 24 nitrogen and oxygen atoms in total. The first-order valence-corrected chi connectivity index (χ1v) is 35.2. The second-order valence-electron chi connectivity index (χ2n) is 26.2. The molecule has 24 heteroatoms. The van der Waals surface area contributed by atoms with Crippen LogP contribution in [0.5, 0.6) is 0 Å². The van der Waals surface area contributed by atoms with Gasteiger partial charge in [-0.3, -0.25) is 9.59 Å². The van der Waals surface area contributed by atoms with Gasteiger partial charge >= 0.3 is 0 Å². The Morgan fingerprint density at radius 3 is 1.41 bits per heavy atom. The van der Waals surface area contributed by atoms with Gasteiger partial charge in [0.25, 0.3) is 0 Å². The third-order valence-electron chi connectivity index (χ3n) is 19.9. The summed E-state index contributed by atoms with van der Waals surface area (Å²) in [6.45, 7) is 27.6. The van der Waals surface area contributed by atoms with Crippen molar-refractivity contribution in [1.82, 2.24) is 63.9 Å². The fourth-order valence-electron chi connectivity index (χ4n) is 14.8. The van der Waals surface area contributed by atoms with Gasteiger partial charge in [-0.2, -0.15) is 38.8 Å². The van der Waals surface area contributed by atoms with Gasteiger partial charge in [0, 0.05) is 142 Å². The second kappa shape index (κ2) is 33.5. The lowest BCUT2D eigenvalue weighted by Gasteiger charge is -2.37. The summed E-state index contributed by atoms with van der Waals surface area (Å²) in [4.78, 5) is 54.7. The number of hydrogen-bond donors (Lipinski definition) is 7. The summed E-state index contributed by atoms with van der Waals surface area (Å²) < 4.78 is 5.64. The highest BCUT2D eigenvalue weighted by Crippen LogP contribution is 2.34. The first-order valence-electron chi connectivity index (χ1n) is 35.2. The molecular weight excluding hydrogens is 1190 g/mol. The smallest absolute Gasteiger partial charge is 0.246 e. The Labute approximate surface area is 555 Å². The van der Waals surface area contributed by atoms with Crippen molar-refractivity contribution in [1.29, 1.82) is 0 Å². The number of allylic oxidation sites excluding steroid dienone is 1. The Morgan fingerprint density at radius 1 is 0.500 bits per heavy atom. The second-order valence-corrected chi connectivity index (χ2v) is 26.2. The molecule has 0 aromatic carbocycles. The number of aryl methyl sites for hydroxylation is 3. The van der Waals surface area contributed by atoms with Crippen molar-refractivity contribution in [3.8, 4) is 0 Å². The van der Waals surface area contributed by atoms with E-state index in [1.807, 2.05) is 37.4 Å². The zero-order valence-electron chi connectivity index (χ0n) is 56.2. The number of rotatable bonds is 23. The van der Waals surface area contributed by atoms with Gasteiger partial charge in [0.2, 0.25) is 23.7 Å². The minimum Gasteiger partial charge on any atom is -0.396 e. The molecule has 6 aliphatic rings. The standard InChI is InChI=1S/C25H38N6O.C23H34N6O2.C22H33N7O2/c1-4-18(3)27-20-9-8-10-21(15-20)28-24-16-23(29-25-19(5-2)17-26-31(24)25)30-13-7-6-11-22(30)12-14-32;1-3-17-15-24-29-21(25-18-8-7-11-27(16-18)22(31)4-2)14-20(26-23(17)29)28-12-6-5-9-19(28)10-13-30;1-3-16-14-23-29-20(16)25-21(28-12-6-5-9-18(28)10-13-30)26-22(29)24-17-8-7-11-27(15-17)19(31)4-2/h4,16-17,20-22,27-28,32H,1,3,5-15H2,2H3;4,14-15,18-19,25,30H,2-3,5-13,16H2,1H3;4,14,17-18,30H,2-3,5-13,15H2,1H3,(H,24,25,26)/t20?,21?,22-;18?,19-;17?,18-/m000/s1. The molecule has 4 unspecified atom stereocenters. The Balaban J connectivity index is 0.000000154. The largest absolute Gasteiger partial charge is 0.396 e. The fraction of sp³-hybridized carbons (Fsp3) is 0.614. The first kappa shape index (κ1) is 69.0. The summed E-state index contributed by atoms with van der Waals surface area (Å²) in [5.41, 5.74) is 6.89. The first-order chi connectivity index (χ1) is 45.9. The number of nitrogens with one attached hydrogen (secondary N) is 4. The average Bonchev–Trinajstić information content (AvgIpc) is 1.57. The quantitative estimate of drug-likeness (QED) is 0.0234. The number of anilines is 6. The summed E-state index contributed by atoms with van der Waals surface area (Å²) >= 11 is 0. The third-order valence-corrected chi connectivity index (χ3v) is 19.9. The number of aliphatic hydroxyl groups is 3. The highest BCUT2D eigenvalue weighted by atomic mass is 16.3. The number of nitrogens with zero attached hydrogens (tertiary/aromatic N) is 15. The molecular formula is C70H105N19O5. The molecule has 5 saturated heterocycles. The van der Waals surface area contributed by atoms with Gasteiger partial charge < -0.3 is 61.1 Å². The number of aliphatic hydroxyl groups excluding tert-OH is 3. The minimum atomic E-state index is -0.0347. The maximum Gasteiger partial charge on any atom is 0.246 e. The number of carbonyl (C=O) groups excluding carboxylic acids is 2. The van der Waals surface area contributed by atoms with Crippen molar-refractivity contribution >= 4 is 63.9 Å². The Kier molecular flexibility index (Phi) is 24.6. The number of amides is 2.